The first-order chi connectivity index (χ1) is 6.09. The second kappa shape index (κ2) is 10.0. The van der Waals surface area contributed by atoms with Gasteiger partial charge in [-0.1, -0.05) is 28.7 Å². The smallest absolute Gasteiger partial charge is 0.0683 e. The van der Waals surface area contributed by atoms with Gasteiger partial charge in [0.05, 0.1) is 0 Å². The summed E-state index contributed by atoms with van der Waals surface area (Å²) in [6.45, 7) is 13.7. The second-order valence-electron chi connectivity index (χ2n) is 2.76. The van der Waals surface area contributed by atoms with E-state index in [1.165, 1.54) is 4.35 Å². The minimum Gasteiger partial charge on any atom is -0.0683 e. The molecule has 1 heterocycles. The van der Waals surface area contributed by atoms with E-state index in [-0.39, 0.29) is 14.9 Å². The number of hydrogen-bond donors (Lipinski definition) is 1. The molecular formula is C13H25NV. The Balaban J connectivity index is -0.000000339. The molecule has 1 fully saturated rings. The predicted molar refractivity (Wildman–Crippen MR) is 69.6 cm³/mol. The van der Waals surface area contributed by atoms with E-state index < -0.39 is 0 Å². The fraction of sp³-hybridized carbons (Fsp3) is 0.462. The maximum atomic E-state index is 3.94. The van der Waals surface area contributed by atoms with Crippen molar-refractivity contribution in [2.45, 2.75) is 42.0 Å². The van der Waals surface area contributed by atoms with E-state index in [4.69, 9.17) is 0 Å². The van der Waals surface area contributed by atoms with E-state index in [0.717, 1.165) is 23.3 Å². The van der Waals surface area contributed by atoms with Crippen molar-refractivity contribution in [1.29, 1.82) is 0 Å². The van der Waals surface area contributed by atoms with Gasteiger partial charge in [0, 0.05) is 0 Å². The zero-order chi connectivity index (χ0) is 10.4. The van der Waals surface area contributed by atoms with Crippen LogP contribution < -0.4 is 5.32 Å². The van der Waals surface area contributed by atoms with Crippen LogP contribution in [0.3, 0.4) is 0 Å². The SMILES string of the molecule is C.C.C=C(C)/C=C1/N[C](=[V])CC1=C.CC. The molecule has 0 radical (unpaired) electrons. The molecular weight excluding hydrogens is 221 g/mol. The monoisotopic (exact) mass is 246 g/mol. The minimum absolute atomic E-state index is 0. The molecule has 0 aromatic carbocycles. The van der Waals surface area contributed by atoms with Gasteiger partial charge in [-0.25, -0.2) is 0 Å². The molecule has 0 amide bonds. The predicted octanol–water partition coefficient (Wildman–Crippen LogP) is 3.97. The van der Waals surface area contributed by atoms with Crippen LogP contribution in [0.15, 0.2) is 36.1 Å². The first-order valence-electron chi connectivity index (χ1n) is 4.47. The Kier molecular flexibility index (Phi) is 13.3. The molecule has 0 atom stereocenters. The van der Waals surface area contributed by atoms with Crippen LogP contribution >= 0.6 is 0 Å². The number of allylic oxidation sites excluding steroid dienone is 3. The summed E-state index contributed by atoms with van der Waals surface area (Å²) in [7, 11) is 0. The standard InChI is InChI=1S/C9H11N.C2H6.2CH4.V/c1-7(2)6-9-8(3)4-5-10-9;1-2;;;/h6,10H,1,3-4H2,2H3;1-2H3;2*1H4;/b9-6+;;;;. The van der Waals surface area contributed by atoms with Gasteiger partial charge in [0.15, 0.2) is 0 Å². The topological polar surface area (TPSA) is 12.0 Å². The average molecular weight is 246 g/mol. The normalized spacial score (nSPS) is 15.5. The van der Waals surface area contributed by atoms with Gasteiger partial charge in [-0.15, -0.1) is 0 Å². The molecule has 1 aliphatic heterocycles. The summed E-state index contributed by atoms with van der Waals surface area (Å²) in [5, 5.41) is 3.22. The zero-order valence-electron chi connectivity index (χ0n) is 8.65. The molecule has 1 saturated heterocycles. The molecule has 0 spiro atoms. The van der Waals surface area contributed by atoms with E-state index in [2.05, 4.69) is 35.5 Å². The molecule has 0 bridgehead atoms. The van der Waals surface area contributed by atoms with E-state index in [1.54, 1.807) is 0 Å². The molecule has 0 unspecified atom stereocenters. The zero-order valence-corrected chi connectivity index (χ0v) is 10.0. The maximum Gasteiger partial charge on any atom is -0.0683 e. The molecule has 1 N–H and O–H groups in total. The number of hydrogen-bond acceptors (Lipinski definition) is 1. The molecule has 1 rings (SSSR count). The summed E-state index contributed by atoms with van der Waals surface area (Å²) in [6, 6.07) is 0. The van der Waals surface area contributed by atoms with Gasteiger partial charge < -0.3 is 0 Å². The van der Waals surface area contributed by atoms with E-state index in [9.17, 15) is 0 Å². The van der Waals surface area contributed by atoms with Crippen LogP contribution in [-0.2, 0) is 17.0 Å². The molecule has 0 aromatic rings. The molecule has 87 valence electrons. The molecule has 1 nitrogen and oxygen atoms in total. The van der Waals surface area contributed by atoms with Crippen LogP contribution in [0.4, 0.5) is 0 Å². The average Bonchev–Trinajstić information content (AvgIpc) is 2.33. The van der Waals surface area contributed by atoms with Crippen molar-refractivity contribution in [2.24, 2.45) is 0 Å². The van der Waals surface area contributed by atoms with Crippen LogP contribution in [-0.4, -0.2) is 4.35 Å². The van der Waals surface area contributed by atoms with Gasteiger partial charge in [0.25, 0.3) is 0 Å². The summed E-state index contributed by atoms with van der Waals surface area (Å²) in [5.74, 6) is 0. The van der Waals surface area contributed by atoms with E-state index >= 15 is 0 Å². The molecule has 15 heavy (non-hydrogen) atoms. The Bertz CT molecular complexity index is 262. The fourth-order valence-electron chi connectivity index (χ4n) is 0.970. The largest absolute Gasteiger partial charge is 0.0683 e. The van der Waals surface area contributed by atoms with Crippen molar-refractivity contribution in [1.82, 2.24) is 5.32 Å². The van der Waals surface area contributed by atoms with E-state index in [0.29, 0.717) is 0 Å². The van der Waals surface area contributed by atoms with E-state index in [1.807, 2.05) is 26.8 Å². The van der Waals surface area contributed by atoms with Crippen LogP contribution in [0.1, 0.15) is 42.0 Å². The Morgan fingerprint density at radius 3 is 2.13 bits per heavy atom. The fourth-order valence-corrected chi connectivity index (χ4v) is 1.46. The van der Waals surface area contributed by atoms with Gasteiger partial charge in [0.2, 0.25) is 0 Å². The summed E-state index contributed by atoms with van der Waals surface area (Å²) < 4.78 is 1.20. The van der Waals surface area contributed by atoms with Gasteiger partial charge in [-0.3, -0.25) is 0 Å². The van der Waals surface area contributed by atoms with Gasteiger partial charge in [-0.2, -0.15) is 0 Å². The summed E-state index contributed by atoms with van der Waals surface area (Å²) >= 11 is 2.51. The second-order valence-corrected chi connectivity index (χ2v) is 3.60. The molecule has 0 saturated carbocycles. The van der Waals surface area contributed by atoms with Crippen molar-refractivity contribution in [2.75, 3.05) is 0 Å². The van der Waals surface area contributed by atoms with Gasteiger partial charge in [-0.05, 0) is 0 Å². The Morgan fingerprint density at radius 1 is 1.40 bits per heavy atom. The Labute approximate surface area is 105 Å². The molecule has 0 aliphatic carbocycles. The van der Waals surface area contributed by atoms with Crippen molar-refractivity contribution in [3.05, 3.63) is 36.1 Å². The van der Waals surface area contributed by atoms with Gasteiger partial charge >= 0.3 is 76.1 Å². The Morgan fingerprint density at radius 2 is 1.87 bits per heavy atom. The summed E-state index contributed by atoms with van der Waals surface area (Å²) in [6.07, 6.45) is 2.96. The van der Waals surface area contributed by atoms with Crippen molar-refractivity contribution < 1.29 is 17.0 Å². The third kappa shape index (κ3) is 7.41. The summed E-state index contributed by atoms with van der Waals surface area (Å²) in [5.41, 5.74) is 3.30. The van der Waals surface area contributed by atoms with Crippen LogP contribution in [0.5, 0.6) is 0 Å². The minimum atomic E-state index is 0. The molecule has 2 heteroatoms. The van der Waals surface area contributed by atoms with Crippen LogP contribution in [0.25, 0.3) is 0 Å². The summed E-state index contributed by atoms with van der Waals surface area (Å²) in [4.78, 5) is 0. The maximum absolute atomic E-state index is 3.94. The van der Waals surface area contributed by atoms with Crippen molar-refractivity contribution in [3.63, 3.8) is 0 Å². The Hall–Kier alpha value is -0.526. The van der Waals surface area contributed by atoms with Crippen molar-refractivity contribution >= 4 is 4.35 Å². The van der Waals surface area contributed by atoms with Gasteiger partial charge in [0.1, 0.15) is 0 Å². The third-order valence-electron chi connectivity index (χ3n) is 1.43. The molecule has 0 aromatic heterocycles. The van der Waals surface area contributed by atoms with Crippen molar-refractivity contribution in [3.8, 4) is 0 Å². The van der Waals surface area contributed by atoms with Crippen LogP contribution in [0, 0.1) is 0 Å². The number of nitrogens with one attached hydrogen (secondary N) is 1. The molecule has 1 aliphatic rings. The quantitative estimate of drug-likeness (QED) is 0.738. The third-order valence-corrected chi connectivity index (χ3v) is 1.85. The van der Waals surface area contributed by atoms with Crippen LogP contribution in [0.2, 0.25) is 0 Å². The first-order valence-corrected chi connectivity index (χ1v) is 5.16. The first kappa shape index (κ1) is 20.0. The number of rotatable bonds is 1.